The molecule has 2 aromatic rings. The Balaban J connectivity index is 1.65. The number of likely N-dealkylation sites (N-methyl/N-ethyl adjacent to an activating group) is 1. The van der Waals surface area contributed by atoms with Gasteiger partial charge in [-0.25, -0.2) is 0 Å². The molecule has 1 aliphatic heterocycles. The van der Waals surface area contributed by atoms with Crippen LogP contribution >= 0.6 is 0 Å². The van der Waals surface area contributed by atoms with E-state index in [1.54, 1.807) is 26.2 Å². The van der Waals surface area contributed by atoms with Crippen molar-refractivity contribution in [1.82, 2.24) is 4.90 Å². The number of aliphatic hydroxyl groups excluding tert-OH is 1. The zero-order valence-electron chi connectivity index (χ0n) is 24.5. The van der Waals surface area contributed by atoms with Crippen molar-refractivity contribution in [3.63, 3.8) is 0 Å². The van der Waals surface area contributed by atoms with Crippen LogP contribution in [0.2, 0.25) is 0 Å². The number of benzene rings is 2. The number of aliphatic hydroxyl groups is 1. The van der Waals surface area contributed by atoms with Gasteiger partial charge in [0.1, 0.15) is 0 Å². The van der Waals surface area contributed by atoms with Crippen LogP contribution in [0.4, 0.5) is 0 Å². The molecule has 2 aromatic carbocycles. The van der Waals surface area contributed by atoms with Crippen molar-refractivity contribution in [2.45, 2.75) is 38.3 Å². The summed E-state index contributed by atoms with van der Waals surface area (Å²) in [5.74, 6) is -0.224. The Bertz CT molecular complexity index is 1160. The van der Waals surface area contributed by atoms with E-state index >= 15 is 0 Å². The fraction of sp³-hybridized carbons (Fsp3) is 0.531. The first kappa shape index (κ1) is 31.2. The van der Waals surface area contributed by atoms with Crippen LogP contribution in [0.3, 0.4) is 0 Å². The van der Waals surface area contributed by atoms with E-state index in [0.717, 1.165) is 6.42 Å². The quantitative estimate of drug-likeness (QED) is 0.206. The Morgan fingerprint density at radius 2 is 1.76 bits per heavy atom. The SMILES string of the molecule is CCOC1OC(C(=O)N(C)CC(OC)OC)=CC(c2cccc3c2Cc2ccccc2-3)C1CCOCCOCCO. The molecule has 1 amide bonds. The number of ether oxygens (including phenoxy) is 6. The van der Waals surface area contributed by atoms with Crippen LogP contribution < -0.4 is 0 Å². The van der Waals surface area contributed by atoms with E-state index in [1.807, 2.05) is 13.0 Å². The highest BCUT2D eigenvalue weighted by Crippen LogP contribution is 2.45. The number of carbonyl (C=O) groups excluding carboxylic acids is 1. The number of nitrogens with zero attached hydrogens (tertiary/aromatic N) is 1. The Labute approximate surface area is 242 Å². The Hall–Kier alpha value is -2.79. The van der Waals surface area contributed by atoms with Crippen molar-refractivity contribution in [2.75, 3.05) is 67.5 Å². The van der Waals surface area contributed by atoms with E-state index in [1.165, 1.54) is 27.8 Å². The van der Waals surface area contributed by atoms with E-state index in [2.05, 4.69) is 42.5 Å². The molecule has 1 aliphatic carbocycles. The third-order valence-electron chi connectivity index (χ3n) is 7.67. The molecule has 9 nitrogen and oxygen atoms in total. The lowest BCUT2D eigenvalue weighted by Gasteiger charge is -2.38. The Morgan fingerprint density at radius 3 is 2.49 bits per heavy atom. The molecule has 0 saturated carbocycles. The number of allylic oxidation sites excluding steroid dienone is 1. The maximum atomic E-state index is 13.6. The summed E-state index contributed by atoms with van der Waals surface area (Å²) in [6, 6.07) is 14.9. The van der Waals surface area contributed by atoms with Crippen LogP contribution in [0.1, 0.15) is 36.0 Å². The third-order valence-corrected chi connectivity index (χ3v) is 7.67. The van der Waals surface area contributed by atoms with Crippen LogP contribution in [0.15, 0.2) is 54.3 Å². The largest absolute Gasteiger partial charge is 0.459 e. The van der Waals surface area contributed by atoms with E-state index in [4.69, 9.17) is 33.5 Å². The molecule has 41 heavy (non-hydrogen) atoms. The van der Waals surface area contributed by atoms with Crippen molar-refractivity contribution in [3.05, 3.63) is 71.0 Å². The molecule has 0 radical (unpaired) electrons. The standard InChI is InChI=1S/C32H43NO8/c1-5-40-32-26(13-15-38-17-18-39-16-14-34)28(20-29(41-32)31(35)33(2)21-30(36-3)37-4)25-12-8-11-24-23-10-7-6-9-22(23)19-27(24)25/h6-12,20,26,28,30,32,34H,5,13-19,21H2,1-4H3. The molecule has 224 valence electrons. The summed E-state index contributed by atoms with van der Waals surface area (Å²) in [7, 11) is 4.80. The molecule has 4 rings (SSSR count). The molecule has 0 spiro atoms. The molecular weight excluding hydrogens is 526 g/mol. The summed E-state index contributed by atoms with van der Waals surface area (Å²) in [5, 5.41) is 8.90. The van der Waals surface area contributed by atoms with Crippen molar-refractivity contribution in [3.8, 4) is 11.1 Å². The van der Waals surface area contributed by atoms with Gasteiger partial charge in [-0.3, -0.25) is 4.79 Å². The number of carbonyl (C=O) groups is 1. The Kier molecular flexibility index (Phi) is 11.7. The number of hydrogen-bond acceptors (Lipinski definition) is 8. The van der Waals surface area contributed by atoms with E-state index in [0.29, 0.717) is 39.5 Å². The van der Waals surface area contributed by atoms with Crippen molar-refractivity contribution >= 4 is 5.91 Å². The van der Waals surface area contributed by atoms with Crippen molar-refractivity contribution in [1.29, 1.82) is 0 Å². The maximum absolute atomic E-state index is 13.6. The Morgan fingerprint density at radius 1 is 1.02 bits per heavy atom. The number of hydrogen-bond donors (Lipinski definition) is 1. The van der Waals surface area contributed by atoms with Gasteiger partial charge in [-0.2, -0.15) is 0 Å². The van der Waals surface area contributed by atoms with Crippen LogP contribution in [-0.2, 0) is 39.6 Å². The summed E-state index contributed by atoms with van der Waals surface area (Å²) in [6.45, 7) is 4.22. The van der Waals surface area contributed by atoms with Gasteiger partial charge in [0, 0.05) is 46.3 Å². The summed E-state index contributed by atoms with van der Waals surface area (Å²) in [6.07, 6.45) is 2.28. The summed E-state index contributed by atoms with van der Waals surface area (Å²) in [4.78, 5) is 15.2. The molecule has 0 aromatic heterocycles. The van der Waals surface area contributed by atoms with Crippen LogP contribution in [0.25, 0.3) is 11.1 Å². The number of amides is 1. The molecule has 1 heterocycles. The molecule has 0 fully saturated rings. The lowest BCUT2D eigenvalue weighted by atomic mass is 9.78. The molecule has 9 heteroatoms. The predicted molar refractivity (Wildman–Crippen MR) is 154 cm³/mol. The minimum atomic E-state index is -0.628. The molecular formula is C32H43NO8. The van der Waals surface area contributed by atoms with E-state index in [9.17, 15) is 4.79 Å². The zero-order chi connectivity index (χ0) is 29.2. The van der Waals surface area contributed by atoms with Gasteiger partial charge in [0.05, 0.1) is 33.0 Å². The summed E-state index contributed by atoms with van der Waals surface area (Å²) < 4.78 is 34.2. The fourth-order valence-electron chi connectivity index (χ4n) is 5.63. The van der Waals surface area contributed by atoms with E-state index in [-0.39, 0.29) is 36.7 Å². The van der Waals surface area contributed by atoms with Crippen LogP contribution in [-0.4, -0.2) is 95.9 Å². The highest BCUT2D eigenvalue weighted by atomic mass is 16.7. The summed E-state index contributed by atoms with van der Waals surface area (Å²) >= 11 is 0. The fourth-order valence-corrected chi connectivity index (χ4v) is 5.63. The average Bonchev–Trinajstić information content (AvgIpc) is 3.38. The first-order valence-electron chi connectivity index (χ1n) is 14.3. The van der Waals surface area contributed by atoms with Gasteiger partial charge in [0.15, 0.2) is 12.0 Å². The molecule has 0 bridgehead atoms. The predicted octanol–water partition coefficient (Wildman–Crippen LogP) is 3.73. The van der Waals surface area contributed by atoms with Gasteiger partial charge in [0.2, 0.25) is 6.29 Å². The summed E-state index contributed by atoms with van der Waals surface area (Å²) in [5.41, 5.74) is 6.23. The zero-order valence-corrected chi connectivity index (χ0v) is 24.5. The lowest BCUT2D eigenvalue weighted by molar-refractivity contribution is -0.174. The van der Waals surface area contributed by atoms with Gasteiger partial charge in [-0.1, -0.05) is 42.5 Å². The number of methoxy groups -OCH3 is 2. The highest BCUT2D eigenvalue weighted by molar-refractivity contribution is 5.91. The van der Waals surface area contributed by atoms with Gasteiger partial charge in [-0.15, -0.1) is 0 Å². The van der Waals surface area contributed by atoms with Crippen LogP contribution in [0, 0.1) is 5.92 Å². The number of fused-ring (bicyclic) bond motifs is 3. The second kappa shape index (κ2) is 15.4. The minimum Gasteiger partial charge on any atom is -0.459 e. The topological polar surface area (TPSA) is 95.9 Å². The molecule has 3 atom stereocenters. The van der Waals surface area contributed by atoms with Gasteiger partial charge in [-0.05, 0) is 53.7 Å². The van der Waals surface area contributed by atoms with Gasteiger partial charge >= 0.3 is 0 Å². The van der Waals surface area contributed by atoms with Gasteiger partial charge < -0.3 is 38.4 Å². The molecule has 3 unspecified atom stereocenters. The average molecular weight is 570 g/mol. The third kappa shape index (κ3) is 7.54. The second-order valence-corrected chi connectivity index (χ2v) is 10.2. The van der Waals surface area contributed by atoms with Crippen molar-refractivity contribution in [2.24, 2.45) is 5.92 Å². The molecule has 0 saturated heterocycles. The van der Waals surface area contributed by atoms with E-state index < -0.39 is 12.6 Å². The molecule has 1 N–H and O–H groups in total. The maximum Gasteiger partial charge on any atom is 0.288 e. The highest BCUT2D eigenvalue weighted by Gasteiger charge is 2.40. The lowest BCUT2D eigenvalue weighted by Crippen LogP contribution is -2.42. The first-order chi connectivity index (χ1) is 20.0. The minimum absolute atomic E-state index is 0.0113. The molecule has 2 aliphatic rings. The van der Waals surface area contributed by atoms with Crippen LogP contribution in [0.5, 0.6) is 0 Å². The second-order valence-electron chi connectivity index (χ2n) is 10.2. The van der Waals surface area contributed by atoms with Crippen molar-refractivity contribution < 1.29 is 38.3 Å². The first-order valence-corrected chi connectivity index (χ1v) is 14.3. The normalized spacial score (nSPS) is 19.5. The van der Waals surface area contributed by atoms with Gasteiger partial charge in [0.25, 0.3) is 5.91 Å². The monoisotopic (exact) mass is 569 g/mol. The smallest absolute Gasteiger partial charge is 0.288 e. The number of rotatable bonds is 16.